The monoisotopic (exact) mass is 423 g/mol. The Kier molecular flexibility index (Phi) is 4.45. The van der Waals surface area contributed by atoms with Crippen LogP contribution in [0.1, 0.15) is 42.2 Å². The second-order valence-corrected chi connectivity index (χ2v) is 8.87. The van der Waals surface area contributed by atoms with Crippen LogP contribution < -0.4 is 10.6 Å². The lowest BCUT2D eigenvalue weighted by molar-refractivity contribution is 0.310. The predicted molar refractivity (Wildman–Crippen MR) is 124 cm³/mol. The normalized spacial score (nSPS) is 19.2. The molecule has 1 aliphatic heterocycles. The Bertz CT molecular complexity index is 1240. The molecule has 0 radical (unpaired) electrons. The van der Waals surface area contributed by atoms with Crippen molar-refractivity contribution in [1.82, 2.24) is 15.2 Å². The van der Waals surface area contributed by atoms with Crippen molar-refractivity contribution >= 4 is 11.5 Å². The number of pyridine rings is 1. The fourth-order valence-electron chi connectivity index (χ4n) is 5.43. The van der Waals surface area contributed by atoms with Crippen molar-refractivity contribution in [3.8, 4) is 11.5 Å². The summed E-state index contributed by atoms with van der Waals surface area (Å²) in [6.45, 7) is 1.91. The van der Waals surface area contributed by atoms with Crippen LogP contribution in [-0.2, 0) is 5.41 Å². The van der Waals surface area contributed by atoms with Gasteiger partial charge in [0.2, 0.25) is 11.8 Å². The first-order valence-electron chi connectivity index (χ1n) is 11.2. The Balaban J connectivity index is 1.29. The molecule has 2 aromatic carbocycles. The fraction of sp³-hybridized carbons (Fsp3) is 0.269. The Morgan fingerprint density at radius 2 is 1.72 bits per heavy atom. The van der Waals surface area contributed by atoms with Crippen LogP contribution in [0.15, 0.2) is 77.3 Å². The lowest BCUT2D eigenvalue weighted by Gasteiger charge is -2.41. The van der Waals surface area contributed by atoms with E-state index < -0.39 is 0 Å². The summed E-state index contributed by atoms with van der Waals surface area (Å²) in [4.78, 5) is 6.87. The maximum atomic E-state index is 6.19. The van der Waals surface area contributed by atoms with Gasteiger partial charge in [-0.05, 0) is 48.6 Å². The Hall–Kier alpha value is -3.67. The summed E-state index contributed by atoms with van der Waals surface area (Å²) in [5.41, 5.74) is 10.6. The van der Waals surface area contributed by atoms with Crippen LogP contribution >= 0.6 is 0 Å². The molecule has 1 aliphatic carbocycles. The first-order valence-corrected chi connectivity index (χ1v) is 11.2. The molecule has 32 heavy (non-hydrogen) atoms. The Morgan fingerprint density at radius 3 is 2.53 bits per heavy atom. The molecule has 160 valence electrons. The van der Waals surface area contributed by atoms with E-state index in [0.717, 1.165) is 49.4 Å². The van der Waals surface area contributed by atoms with Crippen LogP contribution in [0.25, 0.3) is 11.5 Å². The average molecular weight is 424 g/mol. The molecule has 2 aliphatic rings. The number of rotatable bonds is 3. The number of hydrogen-bond acceptors (Lipinski definition) is 6. The molecule has 4 aromatic rings. The third kappa shape index (κ3) is 3.14. The second-order valence-electron chi connectivity index (χ2n) is 8.87. The summed E-state index contributed by atoms with van der Waals surface area (Å²) in [5.74, 6) is 2.40. The fourth-order valence-corrected chi connectivity index (χ4v) is 5.43. The lowest BCUT2D eigenvalue weighted by atomic mass is 9.73. The zero-order chi connectivity index (χ0) is 21.5. The van der Waals surface area contributed by atoms with Gasteiger partial charge in [0.15, 0.2) is 0 Å². The number of fused-ring (bicyclic) bond motifs is 2. The molecule has 1 saturated heterocycles. The van der Waals surface area contributed by atoms with Crippen LogP contribution in [-0.4, -0.2) is 28.3 Å². The summed E-state index contributed by atoms with van der Waals surface area (Å²) in [5, 5.41) is 8.83. The van der Waals surface area contributed by atoms with E-state index in [9.17, 15) is 0 Å². The van der Waals surface area contributed by atoms with E-state index in [2.05, 4.69) is 44.3 Å². The zero-order valence-electron chi connectivity index (χ0n) is 17.8. The number of aromatic nitrogens is 3. The van der Waals surface area contributed by atoms with Crippen LogP contribution in [0.4, 0.5) is 11.5 Å². The highest BCUT2D eigenvalue weighted by molar-refractivity contribution is 5.54. The van der Waals surface area contributed by atoms with Crippen molar-refractivity contribution in [2.75, 3.05) is 23.7 Å². The van der Waals surface area contributed by atoms with E-state index in [0.29, 0.717) is 11.8 Å². The minimum absolute atomic E-state index is 0.124. The zero-order valence-corrected chi connectivity index (χ0v) is 17.8. The SMILES string of the molecule is Nc1ccnc(N2CCC3(CC2)C[C@H](c2nnc(-c4ccccc4)o2)c2ccccc23)c1. The molecule has 6 rings (SSSR count). The van der Waals surface area contributed by atoms with Crippen molar-refractivity contribution in [2.45, 2.75) is 30.6 Å². The summed E-state index contributed by atoms with van der Waals surface area (Å²) in [6.07, 6.45) is 4.92. The van der Waals surface area contributed by atoms with Crippen molar-refractivity contribution < 1.29 is 4.42 Å². The minimum Gasteiger partial charge on any atom is -0.420 e. The van der Waals surface area contributed by atoms with Gasteiger partial charge in [0.1, 0.15) is 5.82 Å². The van der Waals surface area contributed by atoms with Crippen molar-refractivity contribution in [2.24, 2.45) is 0 Å². The highest BCUT2D eigenvalue weighted by atomic mass is 16.4. The molecule has 1 spiro atoms. The highest BCUT2D eigenvalue weighted by Crippen LogP contribution is 2.53. The highest BCUT2D eigenvalue weighted by Gasteiger charge is 2.47. The molecule has 2 N–H and O–H groups in total. The first kappa shape index (κ1) is 19.0. The quantitative estimate of drug-likeness (QED) is 0.510. The third-order valence-electron chi connectivity index (χ3n) is 7.08. The summed E-state index contributed by atoms with van der Waals surface area (Å²) in [7, 11) is 0. The summed E-state index contributed by atoms with van der Waals surface area (Å²) >= 11 is 0. The van der Waals surface area contributed by atoms with Gasteiger partial charge in [-0.1, -0.05) is 42.5 Å². The molecule has 2 aromatic heterocycles. The van der Waals surface area contributed by atoms with Gasteiger partial charge in [-0.2, -0.15) is 0 Å². The van der Waals surface area contributed by atoms with Crippen molar-refractivity contribution in [3.63, 3.8) is 0 Å². The molecule has 0 bridgehead atoms. The van der Waals surface area contributed by atoms with Gasteiger partial charge in [0, 0.05) is 42.0 Å². The maximum Gasteiger partial charge on any atom is 0.247 e. The molecule has 1 atom stereocenters. The number of anilines is 2. The molecule has 0 unspecified atom stereocenters. The lowest BCUT2D eigenvalue weighted by Crippen LogP contribution is -2.42. The van der Waals surface area contributed by atoms with Gasteiger partial charge >= 0.3 is 0 Å². The van der Waals surface area contributed by atoms with Crippen LogP contribution in [0.3, 0.4) is 0 Å². The topological polar surface area (TPSA) is 81.1 Å². The largest absolute Gasteiger partial charge is 0.420 e. The molecule has 1 fully saturated rings. The summed E-state index contributed by atoms with van der Waals surface area (Å²) < 4.78 is 6.19. The molecular formula is C26H25N5O. The standard InChI is InChI=1S/C26H25N5O/c27-19-10-13-28-23(16-19)31-14-11-26(12-15-31)17-21(20-8-4-5-9-22(20)26)25-30-29-24(32-25)18-6-2-1-3-7-18/h1-10,13,16,21H,11-12,14-15,17H2,(H2,27,28)/t21-/m0/s1. The molecule has 6 nitrogen and oxygen atoms in total. The van der Waals surface area contributed by atoms with Crippen LogP contribution in [0.5, 0.6) is 0 Å². The molecule has 3 heterocycles. The van der Waals surface area contributed by atoms with Gasteiger partial charge in [-0.15, -0.1) is 10.2 Å². The average Bonchev–Trinajstić information content (AvgIpc) is 3.45. The first-order chi connectivity index (χ1) is 15.7. The molecule has 0 amide bonds. The minimum atomic E-state index is 0.124. The Morgan fingerprint density at radius 1 is 0.938 bits per heavy atom. The van der Waals surface area contributed by atoms with E-state index >= 15 is 0 Å². The van der Waals surface area contributed by atoms with Gasteiger partial charge in [-0.25, -0.2) is 4.98 Å². The van der Waals surface area contributed by atoms with E-state index in [1.807, 2.05) is 42.5 Å². The number of nitrogens with zero attached hydrogens (tertiary/aromatic N) is 4. The van der Waals surface area contributed by atoms with E-state index in [4.69, 9.17) is 10.2 Å². The summed E-state index contributed by atoms with van der Waals surface area (Å²) in [6, 6.07) is 22.6. The number of hydrogen-bond donors (Lipinski definition) is 1. The van der Waals surface area contributed by atoms with Crippen molar-refractivity contribution in [3.05, 3.63) is 89.9 Å². The second kappa shape index (κ2) is 7.48. The molecule has 6 heteroatoms. The predicted octanol–water partition coefficient (Wildman–Crippen LogP) is 4.79. The van der Waals surface area contributed by atoms with Gasteiger partial charge in [0.05, 0.1) is 5.92 Å². The number of nitrogens with two attached hydrogens (primary N) is 1. The van der Waals surface area contributed by atoms with Crippen molar-refractivity contribution in [1.29, 1.82) is 0 Å². The number of benzene rings is 2. The van der Waals surface area contributed by atoms with Gasteiger partial charge in [-0.3, -0.25) is 0 Å². The van der Waals surface area contributed by atoms with Crippen LogP contribution in [0, 0.1) is 0 Å². The van der Waals surface area contributed by atoms with E-state index in [1.54, 1.807) is 6.20 Å². The molecule has 0 saturated carbocycles. The maximum absolute atomic E-state index is 6.19. The number of piperidine rings is 1. The van der Waals surface area contributed by atoms with E-state index in [1.165, 1.54) is 11.1 Å². The smallest absolute Gasteiger partial charge is 0.247 e. The Labute approximate surface area is 187 Å². The third-order valence-corrected chi connectivity index (χ3v) is 7.08. The van der Waals surface area contributed by atoms with Gasteiger partial charge in [0.25, 0.3) is 0 Å². The van der Waals surface area contributed by atoms with Gasteiger partial charge < -0.3 is 15.1 Å². The van der Waals surface area contributed by atoms with Crippen LogP contribution in [0.2, 0.25) is 0 Å². The number of nitrogen functional groups attached to an aromatic ring is 1. The molecular weight excluding hydrogens is 398 g/mol. The van der Waals surface area contributed by atoms with E-state index in [-0.39, 0.29) is 11.3 Å².